The fourth-order valence-corrected chi connectivity index (χ4v) is 5.98. The smallest absolute Gasteiger partial charge is 0.326 e. The first-order valence-electron chi connectivity index (χ1n) is 11.0. The van der Waals surface area contributed by atoms with Gasteiger partial charge in [0.05, 0.1) is 13.1 Å². The van der Waals surface area contributed by atoms with Gasteiger partial charge in [-0.05, 0) is 41.7 Å². The zero-order chi connectivity index (χ0) is 23.1. The number of amides is 2. The van der Waals surface area contributed by atoms with E-state index in [1.165, 1.54) is 4.90 Å². The van der Waals surface area contributed by atoms with Gasteiger partial charge in [0.1, 0.15) is 6.04 Å². The molecule has 4 rings (SSSR count). The van der Waals surface area contributed by atoms with Crippen LogP contribution >= 0.6 is 0 Å². The van der Waals surface area contributed by atoms with Crippen molar-refractivity contribution >= 4 is 29.0 Å². The Morgan fingerprint density at radius 2 is 2.03 bits per heavy atom. The molecule has 8 heteroatoms. The quantitative estimate of drug-likeness (QED) is 0.500. The number of para-hydroxylation sites is 1. The van der Waals surface area contributed by atoms with Crippen LogP contribution in [0.3, 0.4) is 0 Å². The molecule has 2 amide bonds. The topological polar surface area (TPSA) is 115 Å². The van der Waals surface area contributed by atoms with Gasteiger partial charge in [-0.3, -0.25) is 0 Å². The summed E-state index contributed by atoms with van der Waals surface area (Å²) in [5, 5.41) is 14.0. The minimum atomic E-state index is -1.01. The van der Waals surface area contributed by atoms with Gasteiger partial charge < -0.3 is 20.3 Å². The Bertz CT molecular complexity index is 1100. The second-order valence-corrected chi connectivity index (χ2v) is 10.4. The van der Waals surface area contributed by atoms with Gasteiger partial charge in [0.15, 0.2) is 0 Å². The third-order valence-electron chi connectivity index (χ3n) is 6.85. The molecule has 1 aromatic carbocycles. The monoisotopic (exact) mass is 438 g/mol. The van der Waals surface area contributed by atoms with E-state index >= 15 is 0 Å². The predicted molar refractivity (Wildman–Crippen MR) is 120 cm³/mol. The largest absolute Gasteiger partial charge is 0.480 e. The Morgan fingerprint density at radius 3 is 2.75 bits per heavy atom. The molecule has 2 aromatic rings. The van der Waals surface area contributed by atoms with E-state index < -0.39 is 12.0 Å². The van der Waals surface area contributed by atoms with Crippen molar-refractivity contribution in [2.24, 2.45) is 15.8 Å². The van der Waals surface area contributed by atoms with E-state index in [2.05, 4.69) is 36.1 Å². The normalized spacial score (nSPS) is 26.8. The highest BCUT2D eigenvalue weighted by Gasteiger charge is 2.43. The third-order valence-corrected chi connectivity index (χ3v) is 6.85. The molecule has 3 N–H and O–H groups in total. The van der Waals surface area contributed by atoms with Crippen molar-refractivity contribution < 1.29 is 19.5 Å². The van der Waals surface area contributed by atoms with Gasteiger partial charge in [0.25, 0.3) is 0 Å². The maximum atomic E-state index is 13.3. The summed E-state index contributed by atoms with van der Waals surface area (Å²) in [5.41, 5.74) is 2.53. The molecule has 1 aliphatic heterocycles. The minimum absolute atomic E-state index is 0.0399. The molecule has 1 fully saturated rings. The van der Waals surface area contributed by atoms with Crippen LogP contribution in [0.1, 0.15) is 51.3 Å². The molecular formula is C24H30N4O4. The van der Waals surface area contributed by atoms with Crippen molar-refractivity contribution in [2.45, 2.75) is 65.1 Å². The summed E-state index contributed by atoms with van der Waals surface area (Å²) in [6.45, 7) is 6.95. The number of hydrogen-bond donors (Lipinski definition) is 3. The number of nitrogens with zero attached hydrogens (tertiary/aromatic N) is 2. The Balaban J connectivity index is 1.56. The number of aromatic amines is 1. The highest BCUT2D eigenvalue weighted by molar-refractivity contribution is 5.89. The Labute approximate surface area is 187 Å². The van der Waals surface area contributed by atoms with E-state index in [1.807, 2.05) is 24.3 Å². The molecule has 1 aromatic heterocycles. The number of aliphatic carboxylic acids is 1. The van der Waals surface area contributed by atoms with Crippen molar-refractivity contribution in [2.75, 3.05) is 6.54 Å². The molecule has 170 valence electrons. The van der Waals surface area contributed by atoms with Crippen molar-refractivity contribution in [1.82, 2.24) is 15.2 Å². The number of rotatable bonds is 4. The average molecular weight is 439 g/mol. The number of urea groups is 1. The van der Waals surface area contributed by atoms with Crippen LogP contribution < -0.4 is 5.32 Å². The number of aromatic nitrogens is 1. The molecule has 32 heavy (non-hydrogen) atoms. The van der Waals surface area contributed by atoms with E-state index in [9.17, 15) is 19.5 Å². The third kappa shape index (κ3) is 4.28. The Morgan fingerprint density at radius 1 is 1.28 bits per heavy atom. The maximum absolute atomic E-state index is 13.3. The lowest BCUT2D eigenvalue weighted by Crippen LogP contribution is -2.56. The van der Waals surface area contributed by atoms with Crippen LogP contribution in [0.4, 0.5) is 4.79 Å². The fraction of sp³-hybridized carbons (Fsp3) is 0.542. The van der Waals surface area contributed by atoms with E-state index in [-0.39, 0.29) is 35.9 Å². The summed E-state index contributed by atoms with van der Waals surface area (Å²) in [4.78, 5) is 44.6. The summed E-state index contributed by atoms with van der Waals surface area (Å²) in [6.07, 6.45) is 4.24. The molecule has 2 heterocycles. The molecule has 1 saturated carbocycles. The number of carboxylic acids is 1. The number of hydrogen-bond acceptors (Lipinski definition) is 4. The first kappa shape index (κ1) is 22.1. The molecule has 2 aliphatic rings. The number of fused-ring (bicyclic) bond motifs is 3. The van der Waals surface area contributed by atoms with Crippen molar-refractivity contribution in [3.05, 3.63) is 35.5 Å². The SMILES string of the molecule is CC1(C)CC(NC(=O)N2Cc3[nH]c4ccccc4c3CC2C(=O)O)CC(C)(CN=C=O)C1. The summed E-state index contributed by atoms with van der Waals surface area (Å²) in [6, 6.07) is 6.38. The van der Waals surface area contributed by atoms with Crippen LogP contribution in [0.5, 0.6) is 0 Å². The van der Waals surface area contributed by atoms with Crippen LogP contribution in [0.15, 0.2) is 29.3 Å². The molecular weight excluding hydrogens is 408 g/mol. The first-order chi connectivity index (χ1) is 15.1. The summed E-state index contributed by atoms with van der Waals surface area (Å²) < 4.78 is 0. The van der Waals surface area contributed by atoms with E-state index in [0.717, 1.165) is 35.0 Å². The van der Waals surface area contributed by atoms with Gasteiger partial charge in [-0.25, -0.2) is 19.4 Å². The van der Waals surface area contributed by atoms with E-state index in [4.69, 9.17) is 0 Å². The van der Waals surface area contributed by atoms with Gasteiger partial charge in [-0.15, -0.1) is 0 Å². The fourth-order valence-electron chi connectivity index (χ4n) is 5.98. The van der Waals surface area contributed by atoms with Crippen molar-refractivity contribution in [1.29, 1.82) is 0 Å². The van der Waals surface area contributed by atoms with Gasteiger partial charge in [-0.1, -0.05) is 39.0 Å². The van der Waals surface area contributed by atoms with E-state index in [1.54, 1.807) is 6.08 Å². The molecule has 0 radical (unpaired) electrons. The number of nitrogens with one attached hydrogen (secondary N) is 2. The molecule has 0 saturated heterocycles. The number of H-pyrrole nitrogens is 1. The lowest BCUT2D eigenvalue weighted by atomic mass is 9.62. The number of carbonyl (C=O) groups is 2. The lowest BCUT2D eigenvalue weighted by molar-refractivity contribution is -0.142. The highest BCUT2D eigenvalue weighted by atomic mass is 16.4. The predicted octanol–water partition coefficient (Wildman–Crippen LogP) is 3.61. The molecule has 0 bridgehead atoms. The molecule has 0 spiro atoms. The van der Waals surface area contributed by atoms with Gasteiger partial charge in [0, 0.05) is 29.1 Å². The van der Waals surface area contributed by atoms with Crippen LogP contribution in [0, 0.1) is 10.8 Å². The maximum Gasteiger partial charge on any atom is 0.326 e. The minimum Gasteiger partial charge on any atom is -0.480 e. The highest BCUT2D eigenvalue weighted by Crippen LogP contribution is 2.46. The van der Waals surface area contributed by atoms with Crippen LogP contribution in [0.2, 0.25) is 0 Å². The number of benzene rings is 1. The zero-order valence-corrected chi connectivity index (χ0v) is 18.8. The Kier molecular flexibility index (Phi) is 5.59. The van der Waals surface area contributed by atoms with Gasteiger partial charge in [-0.2, -0.15) is 0 Å². The summed E-state index contributed by atoms with van der Waals surface area (Å²) >= 11 is 0. The second-order valence-electron chi connectivity index (χ2n) is 10.4. The zero-order valence-electron chi connectivity index (χ0n) is 18.8. The lowest BCUT2D eigenvalue weighted by Gasteiger charge is -2.46. The second kappa shape index (κ2) is 8.10. The average Bonchev–Trinajstić information content (AvgIpc) is 3.07. The van der Waals surface area contributed by atoms with Crippen LogP contribution in [-0.4, -0.2) is 51.7 Å². The number of carboxylic acid groups (broad SMARTS) is 1. The Hall–Kier alpha value is -3.12. The number of carbonyl (C=O) groups excluding carboxylic acids is 2. The van der Waals surface area contributed by atoms with Gasteiger partial charge >= 0.3 is 12.0 Å². The van der Waals surface area contributed by atoms with Crippen LogP contribution in [-0.2, 0) is 22.6 Å². The number of isocyanates is 1. The summed E-state index contributed by atoms with van der Waals surface area (Å²) in [5.74, 6) is -1.01. The van der Waals surface area contributed by atoms with Crippen molar-refractivity contribution in [3.8, 4) is 0 Å². The number of aliphatic imine (C=N–C) groups is 1. The molecule has 1 aliphatic carbocycles. The van der Waals surface area contributed by atoms with Crippen molar-refractivity contribution in [3.63, 3.8) is 0 Å². The van der Waals surface area contributed by atoms with E-state index in [0.29, 0.717) is 13.0 Å². The van der Waals surface area contributed by atoms with Gasteiger partial charge in [0.2, 0.25) is 6.08 Å². The molecule has 3 unspecified atom stereocenters. The summed E-state index contributed by atoms with van der Waals surface area (Å²) in [7, 11) is 0. The standard InChI is InChI=1S/C24H30N4O4/c1-23(2)9-15(10-24(3,12-23)13-25-14-29)26-22(32)28-11-19-17(8-20(28)21(30)31)16-6-4-5-7-18(16)27-19/h4-7,15,20,27H,8-13H2,1-3H3,(H,26,32)(H,30,31). The molecule has 8 nitrogen and oxygen atoms in total. The first-order valence-corrected chi connectivity index (χ1v) is 11.0. The molecule has 3 atom stereocenters. The van der Waals surface area contributed by atoms with Crippen LogP contribution in [0.25, 0.3) is 10.9 Å².